The van der Waals surface area contributed by atoms with E-state index in [2.05, 4.69) is 26.8 Å². The predicted octanol–water partition coefficient (Wildman–Crippen LogP) is 1.84. The van der Waals surface area contributed by atoms with Gasteiger partial charge in [0.15, 0.2) is 5.82 Å². The van der Waals surface area contributed by atoms with E-state index in [4.69, 9.17) is 5.26 Å². The quantitative estimate of drug-likeness (QED) is 0.617. The van der Waals surface area contributed by atoms with Gasteiger partial charge in [-0.05, 0) is 36.8 Å². The second-order valence-electron chi connectivity index (χ2n) is 7.01. The Labute approximate surface area is 172 Å². The first-order valence-electron chi connectivity index (χ1n) is 9.62. The lowest BCUT2D eigenvalue weighted by atomic mass is 10.1. The SMILES string of the molecule is Cc1[nH]n(-c2ccc(NC(=O)N3CCNCC3)cn2)c(=O)c1-c1ccc(C#N)cc1. The van der Waals surface area contributed by atoms with Crippen LogP contribution in [0.2, 0.25) is 0 Å². The van der Waals surface area contributed by atoms with Crippen LogP contribution in [-0.4, -0.2) is 51.9 Å². The maximum atomic E-state index is 13.0. The summed E-state index contributed by atoms with van der Waals surface area (Å²) in [6.45, 7) is 4.69. The zero-order chi connectivity index (χ0) is 21.1. The van der Waals surface area contributed by atoms with Crippen molar-refractivity contribution in [2.45, 2.75) is 6.92 Å². The molecule has 3 N–H and O–H groups in total. The maximum Gasteiger partial charge on any atom is 0.321 e. The number of amides is 2. The van der Waals surface area contributed by atoms with Crippen LogP contribution < -0.4 is 16.2 Å². The van der Waals surface area contributed by atoms with E-state index >= 15 is 0 Å². The Hall–Kier alpha value is -3.90. The van der Waals surface area contributed by atoms with Crippen molar-refractivity contribution in [2.24, 2.45) is 0 Å². The van der Waals surface area contributed by atoms with Crippen molar-refractivity contribution in [3.05, 3.63) is 64.2 Å². The zero-order valence-corrected chi connectivity index (χ0v) is 16.5. The van der Waals surface area contributed by atoms with Crippen molar-refractivity contribution >= 4 is 11.7 Å². The molecule has 0 unspecified atom stereocenters. The van der Waals surface area contributed by atoms with Crippen molar-refractivity contribution in [3.63, 3.8) is 0 Å². The van der Waals surface area contributed by atoms with E-state index in [-0.39, 0.29) is 11.6 Å². The highest BCUT2D eigenvalue weighted by Crippen LogP contribution is 2.20. The van der Waals surface area contributed by atoms with E-state index in [9.17, 15) is 9.59 Å². The van der Waals surface area contributed by atoms with E-state index in [1.165, 1.54) is 10.9 Å². The number of aromatic amines is 1. The van der Waals surface area contributed by atoms with Gasteiger partial charge < -0.3 is 15.5 Å². The number of urea groups is 1. The van der Waals surface area contributed by atoms with Gasteiger partial charge >= 0.3 is 6.03 Å². The number of pyridine rings is 1. The molecule has 0 radical (unpaired) electrons. The summed E-state index contributed by atoms with van der Waals surface area (Å²) >= 11 is 0. The van der Waals surface area contributed by atoms with Gasteiger partial charge in [0.1, 0.15) is 0 Å². The Morgan fingerprint density at radius 3 is 2.53 bits per heavy atom. The molecule has 1 aliphatic heterocycles. The summed E-state index contributed by atoms with van der Waals surface area (Å²) in [6, 6.07) is 12.2. The third-order valence-electron chi connectivity index (χ3n) is 5.01. The highest BCUT2D eigenvalue weighted by atomic mass is 16.2. The monoisotopic (exact) mass is 403 g/mol. The molecule has 1 fully saturated rings. The van der Waals surface area contributed by atoms with E-state index in [1.54, 1.807) is 41.3 Å². The van der Waals surface area contributed by atoms with Crippen LogP contribution >= 0.6 is 0 Å². The molecule has 0 saturated carbocycles. The van der Waals surface area contributed by atoms with Crippen LogP contribution in [0.4, 0.5) is 10.5 Å². The number of nitriles is 1. The Morgan fingerprint density at radius 1 is 1.17 bits per heavy atom. The van der Waals surface area contributed by atoms with Gasteiger partial charge in [-0.3, -0.25) is 9.89 Å². The topological polar surface area (TPSA) is 119 Å². The standard InChI is InChI=1S/C21H21N7O2/c1-14-19(16-4-2-15(12-22)3-5-16)20(29)28(26-14)18-7-6-17(13-24-18)25-21(30)27-10-8-23-9-11-27/h2-7,13,23,26H,8-11H2,1H3,(H,25,30). The number of anilines is 1. The molecule has 1 aromatic carbocycles. The molecule has 0 bridgehead atoms. The van der Waals surface area contributed by atoms with Crippen molar-refractivity contribution < 1.29 is 4.79 Å². The Bertz CT molecular complexity index is 1150. The van der Waals surface area contributed by atoms with Crippen LogP contribution in [0, 0.1) is 18.3 Å². The van der Waals surface area contributed by atoms with Gasteiger partial charge in [-0.1, -0.05) is 12.1 Å². The van der Waals surface area contributed by atoms with Gasteiger partial charge in [-0.25, -0.2) is 14.5 Å². The summed E-state index contributed by atoms with van der Waals surface area (Å²) in [5.41, 5.74) is 2.81. The predicted molar refractivity (Wildman–Crippen MR) is 113 cm³/mol. The molecule has 9 heteroatoms. The van der Waals surface area contributed by atoms with Gasteiger partial charge in [0, 0.05) is 31.9 Å². The fourth-order valence-electron chi connectivity index (χ4n) is 3.42. The zero-order valence-electron chi connectivity index (χ0n) is 16.5. The third-order valence-corrected chi connectivity index (χ3v) is 5.01. The van der Waals surface area contributed by atoms with E-state index in [0.717, 1.165) is 18.7 Å². The minimum absolute atomic E-state index is 0.165. The highest BCUT2D eigenvalue weighted by Gasteiger charge is 2.17. The van der Waals surface area contributed by atoms with E-state index < -0.39 is 0 Å². The summed E-state index contributed by atoms with van der Waals surface area (Å²) in [4.78, 5) is 31.3. The number of nitrogens with one attached hydrogen (secondary N) is 3. The Morgan fingerprint density at radius 2 is 1.90 bits per heavy atom. The Kier molecular flexibility index (Phi) is 5.32. The number of aryl methyl sites for hydroxylation is 1. The van der Waals surface area contributed by atoms with Gasteiger partial charge in [-0.15, -0.1) is 0 Å². The van der Waals surface area contributed by atoms with Crippen LogP contribution in [0.15, 0.2) is 47.4 Å². The summed E-state index contributed by atoms with van der Waals surface area (Å²) in [7, 11) is 0. The van der Waals surface area contributed by atoms with E-state index in [0.29, 0.717) is 41.4 Å². The largest absolute Gasteiger partial charge is 0.322 e. The average Bonchev–Trinajstić information content (AvgIpc) is 3.09. The molecule has 30 heavy (non-hydrogen) atoms. The van der Waals surface area contributed by atoms with Crippen LogP contribution in [-0.2, 0) is 0 Å². The smallest absolute Gasteiger partial charge is 0.321 e. The maximum absolute atomic E-state index is 13.0. The first kappa shape index (κ1) is 19.4. The molecule has 2 aromatic heterocycles. The van der Waals surface area contributed by atoms with Crippen LogP contribution in [0.1, 0.15) is 11.3 Å². The summed E-state index contributed by atoms with van der Waals surface area (Å²) in [6.07, 6.45) is 1.53. The fourth-order valence-corrected chi connectivity index (χ4v) is 3.42. The summed E-state index contributed by atoms with van der Waals surface area (Å²) < 4.78 is 1.37. The lowest BCUT2D eigenvalue weighted by Gasteiger charge is -2.27. The first-order valence-corrected chi connectivity index (χ1v) is 9.62. The fraction of sp³-hybridized carbons (Fsp3) is 0.238. The van der Waals surface area contributed by atoms with Gasteiger partial charge in [-0.2, -0.15) is 5.26 Å². The molecular formula is C21H21N7O2. The van der Waals surface area contributed by atoms with Gasteiger partial charge in [0.25, 0.3) is 5.56 Å². The summed E-state index contributed by atoms with van der Waals surface area (Å²) in [5.74, 6) is 0.420. The van der Waals surface area contributed by atoms with Gasteiger partial charge in [0.2, 0.25) is 0 Å². The van der Waals surface area contributed by atoms with Crippen molar-refractivity contribution in [1.29, 1.82) is 5.26 Å². The van der Waals surface area contributed by atoms with Crippen molar-refractivity contribution in [2.75, 3.05) is 31.5 Å². The molecule has 152 valence electrons. The van der Waals surface area contributed by atoms with Crippen LogP contribution in [0.5, 0.6) is 0 Å². The third kappa shape index (κ3) is 3.81. The average molecular weight is 403 g/mol. The van der Waals surface area contributed by atoms with Crippen LogP contribution in [0.25, 0.3) is 16.9 Å². The number of hydrogen-bond acceptors (Lipinski definition) is 5. The number of carbonyl (C=O) groups excluding carboxylic acids is 1. The number of H-pyrrole nitrogens is 1. The minimum Gasteiger partial charge on any atom is -0.322 e. The molecule has 0 atom stereocenters. The molecule has 9 nitrogen and oxygen atoms in total. The molecule has 1 saturated heterocycles. The number of aromatic nitrogens is 3. The molecule has 3 heterocycles. The first-order chi connectivity index (χ1) is 14.6. The van der Waals surface area contributed by atoms with Crippen LogP contribution in [0.3, 0.4) is 0 Å². The molecule has 3 aromatic rings. The number of benzene rings is 1. The number of rotatable bonds is 3. The number of nitrogens with zero attached hydrogens (tertiary/aromatic N) is 4. The summed E-state index contributed by atoms with van der Waals surface area (Å²) in [5, 5.41) is 18.0. The molecule has 0 spiro atoms. The lowest BCUT2D eigenvalue weighted by Crippen LogP contribution is -2.48. The number of carbonyl (C=O) groups is 1. The number of hydrogen-bond donors (Lipinski definition) is 3. The highest BCUT2D eigenvalue weighted by molar-refractivity contribution is 5.89. The second kappa shape index (κ2) is 8.23. The van der Waals surface area contributed by atoms with Crippen molar-refractivity contribution in [3.8, 4) is 23.0 Å². The normalized spacial score (nSPS) is 13.7. The molecular weight excluding hydrogens is 382 g/mol. The second-order valence-corrected chi connectivity index (χ2v) is 7.01. The van der Waals surface area contributed by atoms with E-state index in [1.807, 2.05) is 6.92 Å². The minimum atomic E-state index is -0.234. The van der Waals surface area contributed by atoms with Crippen molar-refractivity contribution in [1.82, 2.24) is 25.0 Å². The molecule has 2 amide bonds. The molecule has 1 aliphatic rings. The molecule has 4 rings (SSSR count). The Balaban J connectivity index is 1.55. The molecule has 0 aliphatic carbocycles. The lowest BCUT2D eigenvalue weighted by molar-refractivity contribution is 0.204. The van der Waals surface area contributed by atoms with Gasteiger partial charge in [0.05, 0.1) is 29.1 Å². The number of piperazine rings is 1.